The number of thiocarbonyl (C=S) groups is 1. The molecule has 38 heavy (non-hydrogen) atoms. The maximum atomic E-state index is 13.1. The van der Waals surface area contributed by atoms with Gasteiger partial charge in [0.05, 0.1) is 15.2 Å². The number of carbonyl (C=O) groups is 1. The van der Waals surface area contributed by atoms with E-state index in [4.69, 9.17) is 12.2 Å². The van der Waals surface area contributed by atoms with Crippen molar-refractivity contribution in [3.05, 3.63) is 58.7 Å². The molecular formula is C23H25F6N3OS5. The van der Waals surface area contributed by atoms with E-state index in [1.54, 1.807) is 23.5 Å². The summed E-state index contributed by atoms with van der Waals surface area (Å²) >= 11 is 10.6. The van der Waals surface area contributed by atoms with Crippen LogP contribution in [0.4, 0.5) is 32.0 Å². The van der Waals surface area contributed by atoms with Gasteiger partial charge in [-0.1, -0.05) is 0 Å². The van der Waals surface area contributed by atoms with Crippen molar-refractivity contribution in [2.75, 3.05) is 30.3 Å². The Labute approximate surface area is 237 Å². The van der Waals surface area contributed by atoms with Gasteiger partial charge in [0, 0.05) is 15.8 Å². The zero-order valence-electron chi connectivity index (χ0n) is 20.5. The topological polar surface area (TPSA) is 53.2 Å². The number of thioether (sulfide) groups is 3. The first-order valence-electron chi connectivity index (χ1n) is 10.8. The fraction of sp³-hybridized carbons (Fsp3) is 0.391. The number of carbonyl (C=O) groups excluding carboxylic acids is 1. The van der Waals surface area contributed by atoms with Crippen molar-refractivity contribution in [2.24, 2.45) is 0 Å². The van der Waals surface area contributed by atoms with Crippen LogP contribution in [0.2, 0.25) is 0 Å². The van der Waals surface area contributed by atoms with Gasteiger partial charge < -0.3 is 5.32 Å². The van der Waals surface area contributed by atoms with Crippen LogP contribution in [0.1, 0.15) is 33.5 Å². The molecule has 0 radical (unpaired) electrons. The molecule has 0 bridgehead atoms. The first kappa shape index (κ1) is 31.1. The van der Waals surface area contributed by atoms with Crippen molar-refractivity contribution in [1.29, 1.82) is 0 Å². The van der Waals surface area contributed by atoms with Crippen LogP contribution in [0.3, 0.4) is 0 Å². The van der Waals surface area contributed by atoms with Crippen molar-refractivity contribution in [1.82, 2.24) is 10.9 Å². The number of benzene rings is 2. The van der Waals surface area contributed by atoms with E-state index in [0.717, 1.165) is 6.42 Å². The summed E-state index contributed by atoms with van der Waals surface area (Å²) < 4.78 is 79.0. The number of hydrogen-bond donors (Lipinski definition) is 4. The highest BCUT2D eigenvalue weighted by Crippen LogP contribution is 2.62. The number of amides is 1. The van der Waals surface area contributed by atoms with Crippen LogP contribution >= 0.6 is 58.4 Å². The number of nitrogens with one attached hydrogen (secondary N) is 3. The van der Waals surface area contributed by atoms with Gasteiger partial charge in [0.2, 0.25) is 0 Å². The molecule has 0 spiro atoms. The lowest BCUT2D eigenvalue weighted by atomic mass is 10.0. The highest BCUT2D eigenvalue weighted by atomic mass is 32.2. The van der Waals surface area contributed by atoms with Crippen molar-refractivity contribution < 1.29 is 31.1 Å². The molecule has 2 aromatic rings. The fourth-order valence-corrected chi connectivity index (χ4v) is 10.7. The lowest BCUT2D eigenvalue weighted by molar-refractivity contribution is -0.143. The van der Waals surface area contributed by atoms with Crippen LogP contribution in [-0.4, -0.2) is 40.6 Å². The van der Waals surface area contributed by atoms with Gasteiger partial charge in [-0.2, -0.15) is 38.1 Å². The quantitative estimate of drug-likeness (QED) is 0.0906. The Kier molecular flexibility index (Phi) is 9.81. The van der Waals surface area contributed by atoms with Crippen molar-refractivity contribution in [3.63, 3.8) is 0 Å². The monoisotopic (exact) mass is 633 g/mol. The van der Waals surface area contributed by atoms with Crippen LogP contribution in [0.25, 0.3) is 0 Å². The van der Waals surface area contributed by atoms with Gasteiger partial charge in [0.15, 0.2) is 5.11 Å². The minimum absolute atomic E-state index is 0.0424. The van der Waals surface area contributed by atoms with Crippen LogP contribution in [0.5, 0.6) is 0 Å². The molecule has 1 aliphatic rings. The molecule has 3 rings (SSSR count). The number of thiol groups is 1. The van der Waals surface area contributed by atoms with Crippen LogP contribution in [-0.2, 0) is 16.4 Å². The SMILES string of the molecule is CSC1CC(SC)(SC)c2cc(NC(=S)NNC(=O)c3cc(C(F)(F)F)cc(C(F)(F)F)c3)ccc2[SH]1C. The van der Waals surface area contributed by atoms with E-state index < -0.39 is 45.8 Å². The summed E-state index contributed by atoms with van der Waals surface area (Å²) in [7, 11) is -0.394. The lowest BCUT2D eigenvalue weighted by Gasteiger charge is -2.45. The second-order valence-electron chi connectivity index (χ2n) is 8.23. The van der Waals surface area contributed by atoms with Gasteiger partial charge in [0.25, 0.3) is 5.91 Å². The Bertz CT molecular complexity index is 1170. The summed E-state index contributed by atoms with van der Waals surface area (Å²) in [6.45, 7) is 0. The first-order chi connectivity index (χ1) is 17.6. The molecule has 0 saturated heterocycles. The van der Waals surface area contributed by atoms with E-state index in [2.05, 4.69) is 47.3 Å². The smallest absolute Gasteiger partial charge is 0.331 e. The van der Waals surface area contributed by atoms with Gasteiger partial charge in [-0.15, -0.1) is 23.5 Å². The van der Waals surface area contributed by atoms with Crippen molar-refractivity contribution >= 4 is 75.1 Å². The predicted molar refractivity (Wildman–Crippen MR) is 154 cm³/mol. The third kappa shape index (κ3) is 6.83. The third-order valence-electron chi connectivity index (χ3n) is 5.99. The molecule has 4 nitrogen and oxygen atoms in total. The minimum Gasteiger partial charge on any atom is -0.331 e. The molecule has 0 aromatic heterocycles. The molecule has 0 saturated carbocycles. The minimum atomic E-state index is -5.07. The van der Waals surface area contributed by atoms with Gasteiger partial charge in [-0.3, -0.25) is 15.6 Å². The second-order valence-corrected chi connectivity index (χ2v) is 14.8. The molecule has 2 unspecified atom stereocenters. The van der Waals surface area contributed by atoms with E-state index in [-0.39, 0.29) is 15.3 Å². The summed E-state index contributed by atoms with van der Waals surface area (Å²) in [4.78, 5) is 13.7. The second kappa shape index (κ2) is 12.0. The Morgan fingerprint density at radius 1 is 0.974 bits per heavy atom. The van der Waals surface area contributed by atoms with E-state index in [0.29, 0.717) is 22.4 Å². The Morgan fingerprint density at radius 2 is 1.55 bits per heavy atom. The van der Waals surface area contributed by atoms with E-state index in [9.17, 15) is 31.1 Å². The molecular weight excluding hydrogens is 609 g/mol. The molecule has 3 N–H and O–H groups in total. The average molecular weight is 634 g/mol. The average Bonchev–Trinajstić information content (AvgIpc) is 2.86. The number of alkyl halides is 6. The summed E-state index contributed by atoms with van der Waals surface area (Å²) in [6, 6.07) is 6.55. The molecule has 15 heteroatoms. The zero-order chi connectivity index (χ0) is 28.5. The van der Waals surface area contributed by atoms with E-state index in [1.165, 1.54) is 10.5 Å². The summed E-state index contributed by atoms with van der Waals surface area (Å²) in [5.74, 6) is -1.21. The molecule has 2 atom stereocenters. The predicted octanol–water partition coefficient (Wildman–Crippen LogP) is 7.32. The first-order valence-corrected chi connectivity index (χ1v) is 16.8. The largest absolute Gasteiger partial charge is 0.416 e. The van der Waals surface area contributed by atoms with Gasteiger partial charge >= 0.3 is 12.4 Å². The molecule has 1 aliphatic heterocycles. The third-order valence-corrected chi connectivity index (χ3v) is 13.8. The summed E-state index contributed by atoms with van der Waals surface area (Å²) in [5.41, 5.74) is 2.23. The summed E-state index contributed by atoms with van der Waals surface area (Å²) in [5, 5.41) is 2.84. The maximum absolute atomic E-state index is 13.1. The van der Waals surface area contributed by atoms with Gasteiger partial charge in [0.1, 0.15) is 0 Å². The van der Waals surface area contributed by atoms with Crippen molar-refractivity contribution in [3.8, 4) is 0 Å². The van der Waals surface area contributed by atoms with Gasteiger partial charge in [-0.25, -0.2) is 10.9 Å². The van der Waals surface area contributed by atoms with Crippen molar-refractivity contribution in [2.45, 2.75) is 32.3 Å². The Morgan fingerprint density at radius 3 is 2.05 bits per heavy atom. The highest BCUT2D eigenvalue weighted by molar-refractivity contribution is 8.27. The van der Waals surface area contributed by atoms with E-state index >= 15 is 0 Å². The highest BCUT2D eigenvalue weighted by Gasteiger charge is 2.42. The normalized spacial score (nSPS) is 19.8. The molecule has 1 heterocycles. The van der Waals surface area contributed by atoms with E-state index in [1.807, 2.05) is 23.9 Å². The molecule has 210 valence electrons. The molecule has 1 amide bonds. The van der Waals surface area contributed by atoms with Crippen LogP contribution in [0.15, 0.2) is 41.3 Å². The number of halogens is 6. The standard InChI is InChI=1S/C23H25F6N3OS5/c1-35-18-11-21(36-2,37-3)16-10-15(5-6-17(16)38(18)4)30-20(34)32-31-19(33)12-7-13(22(24,25)26)9-14(8-12)23(27,28)29/h5-10,18,38H,11H2,1-4H3,(H,31,33)(H2,30,32,34). The fourth-order valence-electron chi connectivity index (χ4n) is 4.00. The molecule has 0 aliphatic carbocycles. The van der Waals surface area contributed by atoms with Crippen LogP contribution in [0, 0.1) is 0 Å². The van der Waals surface area contributed by atoms with Gasteiger partial charge in [-0.05, 0) is 90.5 Å². The molecule has 2 aromatic carbocycles. The Balaban J connectivity index is 1.77. The number of hydrazine groups is 1. The summed E-state index contributed by atoms with van der Waals surface area (Å²) in [6.07, 6.45) is -0.620. The molecule has 0 fully saturated rings. The number of rotatable bonds is 5. The number of hydrogen-bond acceptors (Lipinski definition) is 5. The number of anilines is 1. The number of fused-ring (bicyclic) bond motifs is 1. The zero-order valence-corrected chi connectivity index (χ0v) is 24.7. The lowest BCUT2D eigenvalue weighted by Crippen LogP contribution is -2.44. The van der Waals surface area contributed by atoms with Crippen LogP contribution < -0.4 is 16.2 Å². The Hall–Kier alpha value is -1.42. The maximum Gasteiger partial charge on any atom is 0.416 e.